The first-order chi connectivity index (χ1) is 13.3. The highest BCUT2D eigenvalue weighted by Crippen LogP contribution is 2.33. The number of carbonyl (C=O) groups is 2. The Morgan fingerprint density at radius 2 is 1.93 bits per heavy atom. The number of esters is 1. The standard InChI is InChI=1S/C21H27N3O3S/c1-12(2)11-27-20(26)17-13(3)24(4)21(28)23-18(17)14-7-9-16(10-8-14)22-19(25)15-5-6-15/h7-10,12,15,18H,5-6,11H2,1-4H3,(H,22,25)(H,23,28)/t18-/m1/s1. The van der Waals surface area contributed by atoms with Crippen LogP contribution < -0.4 is 10.6 Å². The van der Waals surface area contributed by atoms with E-state index in [2.05, 4.69) is 10.6 Å². The van der Waals surface area contributed by atoms with Crippen molar-refractivity contribution in [2.45, 2.75) is 39.7 Å². The normalized spacial score (nSPS) is 19.5. The fraction of sp³-hybridized carbons (Fsp3) is 0.476. The highest BCUT2D eigenvalue weighted by atomic mass is 32.1. The second kappa shape index (κ2) is 8.31. The van der Waals surface area contributed by atoms with Crippen LogP contribution in [0.15, 0.2) is 35.5 Å². The van der Waals surface area contributed by atoms with Gasteiger partial charge in [0.2, 0.25) is 5.91 Å². The molecule has 0 aromatic heterocycles. The van der Waals surface area contributed by atoms with E-state index >= 15 is 0 Å². The molecule has 6 nitrogen and oxygen atoms in total. The van der Waals surface area contributed by atoms with Crippen LogP contribution in [0.4, 0.5) is 5.69 Å². The van der Waals surface area contributed by atoms with E-state index in [-0.39, 0.29) is 23.7 Å². The summed E-state index contributed by atoms with van der Waals surface area (Å²) in [7, 11) is 1.83. The van der Waals surface area contributed by atoms with Crippen molar-refractivity contribution in [1.82, 2.24) is 10.2 Å². The maximum absolute atomic E-state index is 12.8. The maximum Gasteiger partial charge on any atom is 0.338 e. The van der Waals surface area contributed by atoms with E-state index in [1.807, 2.05) is 52.1 Å². The largest absolute Gasteiger partial charge is 0.462 e. The van der Waals surface area contributed by atoms with Gasteiger partial charge >= 0.3 is 5.97 Å². The van der Waals surface area contributed by atoms with Crippen molar-refractivity contribution < 1.29 is 14.3 Å². The van der Waals surface area contributed by atoms with Crippen LogP contribution in [0.3, 0.4) is 0 Å². The van der Waals surface area contributed by atoms with Gasteiger partial charge in [0, 0.05) is 24.4 Å². The summed E-state index contributed by atoms with van der Waals surface area (Å²) >= 11 is 5.42. The van der Waals surface area contributed by atoms with Crippen LogP contribution in [-0.4, -0.2) is 35.5 Å². The fourth-order valence-corrected chi connectivity index (χ4v) is 3.27. The van der Waals surface area contributed by atoms with E-state index in [1.54, 1.807) is 4.90 Å². The summed E-state index contributed by atoms with van der Waals surface area (Å²) in [5, 5.41) is 6.71. The molecule has 1 atom stereocenters. The van der Waals surface area contributed by atoms with Gasteiger partial charge in [-0.25, -0.2) is 4.79 Å². The first-order valence-electron chi connectivity index (χ1n) is 9.61. The lowest BCUT2D eigenvalue weighted by molar-refractivity contribution is -0.140. The van der Waals surface area contributed by atoms with Crippen LogP contribution in [0.25, 0.3) is 0 Å². The average Bonchev–Trinajstić information content (AvgIpc) is 3.50. The van der Waals surface area contributed by atoms with Gasteiger partial charge in [-0.15, -0.1) is 0 Å². The minimum Gasteiger partial charge on any atom is -0.462 e. The highest BCUT2D eigenvalue weighted by Gasteiger charge is 2.34. The predicted octanol–water partition coefficient (Wildman–Crippen LogP) is 3.37. The van der Waals surface area contributed by atoms with Crippen LogP contribution in [0, 0.1) is 11.8 Å². The van der Waals surface area contributed by atoms with Crippen LogP contribution >= 0.6 is 12.2 Å². The Bertz CT molecular complexity index is 813. The first kappa shape index (κ1) is 20.3. The van der Waals surface area contributed by atoms with Crippen LogP contribution in [0.1, 0.15) is 45.2 Å². The molecule has 3 rings (SSSR count). The second-order valence-corrected chi connectivity index (χ2v) is 8.21. The molecule has 0 bridgehead atoms. The molecule has 1 aliphatic carbocycles. The van der Waals surface area contributed by atoms with Crippen molar-refractivity contribution in [3.8, 4) is 0 Å². The number of anilines is 1. The molecule has 7 heteroatoms. The lowest BCUT2D eigenvalue weighted by Crippen LogP contribution is -2.46. The number of nitrogens with zero attached hydrogens (tertiary/aromatic N) is 1. The smallest absolute Gasteiger partial charge is 0.338 e. The molecule has 1 heterocycles. The minimum atomic E-state index is -0.392. The molecule has 1 fully saturated rings. The van der Waals surface area contributed by atoms with Crippen molar-refractivity contribution >= 4 is 34.9 Å². The topological polar surface area (TPSA) is 70.7 Å². The molecule has 0 spiro atoms. The van der Waals surface area contributed by atoms with Crippen LogP contribution in [-0.2, 0) is 14.3 Å². The Balaban J connectivity index is 1.83. The highest BCUT2D eigenvalue weighted by molar-refractivity contribution is 7.80. The van der Waals surface area contributed by atoms with E-state index < -0.39 is 6.04 Å². The number of carbonyl (C=O) groups excluding carboxylic acids is 2. The van der Waals surface area contributed by atoms with Crippen molar-refractivity contribution in [3.63, 3.8) is 0 Å². The van der Waals surface area contributed by atoms with E-state index in [1.165, 1.54) is 0 Å². The predicted molar refractivity (Wildman–Crippen MR) is 113 cm³/mol. The molecule has 0 unspecified atom stereocenters. The molecular formula is C21H27N3O3S. The zero-order valence-corrected chi connectivity index (χ0v) is 17.6. The Kier molecular flexibility index (Phi) is 6.03. The third-order valence-corrected chi connectivity index (χ3v) is 5.37. The van der Waals surface area contributed by atoms with Crippen LogP contribution in [0.2, 0.25) is 0 Å². The number of hydrogen-bond acceptors (Lipinski definition) is 4. The Labute approximate surface area is 171 Å². The van der Waals surface area contributed by atoms with Gasteiger partial charge in [0.15, 0.2) is 5.11 Å². The van der Waals surface area contributed by atoms with Crippen molar-refractivity contribution in [2.24, 2.45) is 11.8 Å². The SMILES string of the molecule is CC1=C(C(=O)OCC(C)C)[C@@H](c2ccc(NC(=O)C3CC3)cc2)NC(=S)N1C. The number of allylic oxidation sites excluding steroid dienone is 1. The quantitative estimate of drug-likeness (QED) is 0.563. The molecule has 1 saturated carbocycles. The summed E-state index contributed by atoms with van der Waals surface area (Å²) in [5.41, 5.74) is 2.96. The molecule has 2 N–H and O–H groups in total. The summed E-state index contributed by atoms with van der Waals surface area (Å²) in [6.07, 6.45) is 1.93. The Morgan fingerprint density at radius 3 is 2.50 bits per heavy atom. The summed E-state index contributed by atoms with van der Waals surface area (Å²) < 4.78 is 5.49. The lowest BCUT2D eigenvalue weighted by atomic mass is 9.95. The van der Waals surface area contributed by atoms with Gasteiger partial charge < -0.3 is 20.3 Å². The third kappa shape index (κ3) is 4.52. The summed E-state index contributed by atoms with van der Waals surface area (Å²) in [4.78, 5) is 26.5. The maximum atomic E-state index is 12.8. The van der Waals surface area contributed by atoms with Gasteiger partial charge in [0.05, 0.1) is 18.2 Å². The second-order valence-electron chi connectivity index (χ2n) is 7.82. The number of thiocarbonyl (C=S) groups is 1. The molecule has 1 amide bonds. The van der Waals surface area contributed by atoms with Gasteiger partial charge in [-0.1, -0.05) is 26.0 Å². The van der Waals surface area contributed by atoms with Gasteiger partial charge in [0.25, 0.3) is 0 Å². The zero-order chi connectivity index (χ0) is 20.4. The Hall–Kier alpha value is -2.41. The van der Waals surface area contributed by atoms with E-state index in [9.17, 15) is 9.59 Å². The molecule has 1 aromatic rings. The Morgan fingerprint density at radius 1 is 1.29 bits per heavy atom. The number of nitrogens with one attached hydrogen (secondary N) is 2. The van der Waals surface area contributed by atoms with E-state index in [0.717, 1.165) is 29.8 Å². The van der Waals surface area contributed by atoms with Crippen LogP contribution in [0.5, 0.6) is 0 Å². The molecule has 2 aliphatic rings. The van der Waals surface area contributed by atoms with Gasteiger partial charge in [0.1, 0.15) is 0 Å². The number of hydrogen-bond donors (Lipinski definition) is 2. The van der Waals surface area contributed by atoms with Crippen molar-refractivity contribution in [3.05, 3.63) is 41.1 Å². The summed E-state index contributed by atoms with van der Waals surface area (Å²) in [6.45, 7) is 6.24. The monoisotopic (exact) mass is 401 g/mol. The first-order valence-corrected chi connectivity index (χ1v) is 10.0. The average molecular weight is 402 g/mol. The molecule has 1 aromatic carbocycles. The molecule has 0 radical (unpaired) electrons. The summed E-state index contributed by atoms with van der Waals surface area (Å²) in [6, 6.07) is 7.11. The third-order valence-electron chi connectivity index (χ3n) is 4.98. The van der Waals surface area contributed by atoms with Gasteiger partial charge in [-0.2, -0.15) is 0 Å². The molecule has 28 heavy (non-hydrogen) atoms. The lowest BCUT2D eigenvalue weighted by Gasteiger charge is -2.35. The molecule has 150 valence electrons. The number of rotatable bonds is 6. The number of ether oxygens (including phenoxy) is 1. The van der Waals surface area contributed by atoms with Gasteiger partial charge in [-0.3, -0.25) is 4.79 Å². The van der Waals surface area contributed by atoms with Gasteiger partial charge in [-0.05, 0) is 55.6 Å². The zero-order valence-electron chi connectivity index (χ0n) is 16.7. The number of benzene rings is 1. The summed E-state index contributed by atoms with van der Waals surface area (Å²) in [5.74, 6) is 0.137. The number of amides is 1. The fourth-order valence-electron chi connectivity index (χ4n) is 3.02. The van der Waals surface area contributed by atoms with Crippen molar-refractivity contribution in [1.29, 1.82) is 0 Å². The van der Waals surface area contributed by atoms with E-state index in [4.69, 9.17) is 17.0 Å². The minimum absolute atomic E-state index is 0.0695. The van der Waals surface area contributed by atoms with E-state index in [0.29, 0.717) is 17.3 Å². The molecular weight excluding hydrogens is 374 g/mol. The molecule has 0 saturated heterocycles. The van der Waals surface area contributed by atoms with Crippen molar-refractivity contribution in [2.75, 3.05) is 19.0 Å². The molecule has 1 aliphatic heterocycles.